The smallest absolute Gasteiger partial charge is 0.330 e. The molecule has 38 heavy (non-hydrogen) atoms. The van der Waals surface area contributed by atoms with Gasteiger partial charge in [0, 0.05) is 12.2 Å². The summed E-state index contributed by atoms with van der Waals surface area (Å²) in [5.41, 5.74) is 0.528. The van der Waals surface area contributed by atoms with Crippen LogP contribution in [-0.4, -0.2) is 38.7 Å². The van der Waals surface area contributed by atoms with Crippen LogP contribution >= 0.6 is 0 Å². The Kier molecular flexibility index (Phi) is 8.48. The third kappa shape index (κ3) is 5.00. The molecule has 0 aliphatic heterocycles. The summed E-state index contributed by atoms with van der Waals surface area (Å²) in [5, 5.41) is 12.4. The monoisotopic (exact) mass is 546 g/mol. The molecule has 11 atom stereocenters. The fraction of sp³-hybridized carbons (Fsp3) is 0.909. The fourth-order valence-corrected chi connectivity index (χ4v) is 11.4. The topological polar surface area (TPSA) is 55.8 Å². The zero-order chi connectivity index (χ0) is 28.3. The number of fused-ring (bicyclic) bond motifs is 5. The molecule has 0 amide bonds. The van der Waals surface area contributed by atoms with Gasteiger partial charge >= 0.3 is 5.97 Å². The molecule has 1 N–H and O–H groups in total. The van der Waals surface area contributed by atoms with Gasteiger partial charge in [0.15, 0.2) is 8.32 Å². The van der Waals surface area contributed by atoms with Gasteiger partial charge in [-0.15, -0.1) is 0 Å². The Balaban J connectivity index is 1.57. The van der Waals surface area contributed by atoms with E-state index >= 15 is 0 Å². The van der Waals surface area contributed by atoms with Crippen molar-refractivity contribution in [2.75, 3.05) is 7.11 Å². The Morgan fingerprint density at radius 2 is 1.68 bits per heavy atom. The highest BCUT2D eigenvalue weighted by atomic mass is 28.4. The molecule has 218 valence electrons. The standard InChI is InChI=1S/C33H58O4Si/c1-11-23-27-20-22(37-38(9,10)31(3,4)5)16-18-33(27,7)26-17-19-32(6)24(21(2)12-15-28(34)36-8)13-14-25(32)29(26)30(23)35/h12,15,21-27,29-30,35H,11,13-14,16-20H2,1-10H3/b15-12+/t21-,22?,23-,24-,25+,26+,27+,29+,30-,32-,33-/m1/s1. The van der Waals surface area contributed by atoms with Crippen LogP contribution in [0.2, 0.25) is 18.1 Å². The number of esters is 1. The van der Waals surface area contributed by atoms with Crippen molar-refractivity contribution >= 4 is 14.3 Å². The molecule has 0 bridgehead atoms. The number of carbonyl (C=O) groups excluding carboxylic acids is 1. The molecule has 0 saturated heterocycles. The summed E-state index contributed by atoms with van der Waals surface area (Å²) < 4.78 is 11.8. The Labute approximate surface area is 234 Å². The summed E-state index contributed by atoms with van der Waals surface area (Å²) in [7, 11) is -0.371. The molecule has 4 aliphatic rings. The van der Waals surface area contributed by atoms with Gasteiger partial charge in [-0.25, -0.2) is 4.79 Å². The Morgan fingerprint density at radius 1 is 1.05 bits per heavy atom. The van der Waals surface area contributed by atoms with Gasteiger partial charge in [0.05, 0.1) is 13.2 Å². The van der Waals surface area contributed by atoms with Gasteiger partial charge in [0.25, 0.3) is 0 Å². The van der Waals surface area contributed by atoms with Crippen molar-refractivity contribution in [3.05, 3.63) is 12.2 Å². The second-order valence-electron chi connectivity index (χ2n) is 15.7. The number of methoxy groups -OCH3 is 1. The van der Waals surface area contributed by atoms with E-state index in [2.05, 4.69) is 67.6 Å². The predicted molar refractivity (Wildman–Crippen MR) is 158 cm³/mol. The minimum atomic E-state index is -1.82. The minimum Gasteiger partial charge on any atom is -0.466 e. The fourth-order valence-electron chi connectivity index (χ4n) is 9.98. The summed E-state index contributed by atoms with van der Waals surface area (Å²) in [6, 6.07) is 0. The normalized spacial score (nSPS) is 44.3. The van der Waals surface area contributed by atoms with Gasteiger partial charge in [0.1, 0.15) is 0 Å². The highest BCUT2D eigenvalue weighted by Crippen LogP contribution is 2.69. The van der Waals surface area contributed by atoms with Gasteiger partial charge in [-0.3, -0.25) is 0 Å². The molecular weight excluding hydrogens is 488 g/mol. The maximum Gasteiger partial charge on any atom is 0.330 e. The van der Waals surface area contributed by atoms with Gasteiger partial charge < -0.3 is 14.3 Å². The van der Waals surface area contributed by atoms with E-state index in [9.17, 15) is 9.90 Å². The zero-order valence-electron chi connectivity index (χ0n) is 26.2. The van der Waals surface area contributed by atoms with Crippen molar-refractivity contribution in [3.8, 4) is 0 Å². The third-order valence-corrected chi connectivity index (χ3v) is 17.6. The first-order valence-corrected chi connectivity index (χ1v) is 18.6. The molecule has 4 fully saturated rings. The van der Waals surface area contributed by atoms with Crippen LogP contribution in [-0.2, 0) is 14.0 Å². The maximum atomic E-state index is 12.2. The summed E-state index contributed by atoms with van der Waals surface area (Å²) in [6.07, 6.45) is 13.3. The molecule has 0 heterocycles. The second kappa shape index (κ2) is 10.6. The van der Waals surface area contributed by atoms with Crippen molar-refractivity contribution in [3.63, 3.8) is 0 Å². The summed E-state index contributed by atoms with van der Waals surface area (Å²) in [4.78, 5) is 11.8. The van der Waals surface area contributed by atoms with Crippen LogP contribution in [0.15, 0.2) is 12.2 Å². The molecule has 0 aromatic heterocycles. The van der Waals surface area contributed by atoms with Crippen molar-refractivity contribution < 1.29 is 19.1 Å². The molecule has 4 nitrogen and oxygen atoms in total. The lowest BCUT2D eigenvalue weighted by molar-refractivity contribution is -0.202. The number of aliphatic hydroxyl groups excluding tert-OH is 1. The molecule has 4 aliphatic carbocycles. The second-order valence-corrected chi connectivity index (χ2v) is 20.5. The van der Waals surface area contributed by atoms with Crippen LogP contribution in [0.25, 0.3) is 0 Å². The van der Waals surface area contributed by atoms with E-state index in [1.54, 1.807) is 6.08 Å². The number of allylic oxidation sites excluding steroid dienone is 1. The predicted octanol–water partition coefficient (Wildman–Crippen LogP) is 8.01. The maximum absolute atomic E-state index is 12.2. The molecule has 0 aromatic carbocycles. The van der Waals surface area contributed by atoms with Crippen molar-refractivity contribution in [2.45, 2.75) is 130 Å². The van der Waals surface area contributed by atoms with Crippen LogP contribution in [0, 0.1) is 52.3 Å². The summed E-state index contributed by atoms with van der Waals surface area (Å²) in [6.45, 7) is 21.5. The van der Waals surface area contributed by atoms with Crippen LogP contribution in [0.4, 0.5) is 0 Å². The molecule has 4 saturated carbocycles. The molecule has 0 aromatic rings. The van der Waals surface area contributed by atoms with E-state index in [1.807, 2.05) is 0 Å². The number of ether oxygens (including phenoxy) is 1. The Morgan fingerprint density at radius 3 is 2.29 bits per heavy atom. The Hall–Kier alpha value is -0.653. The van der Waals surface area contributed by atoms with Crippen molar-refractivity contribution in [2.24, 2.45) is 52.3 Å². The number of rotatable bonds is 6. The first-order valence-electron chi connectivity index (χ1n) is 15.7. The lowest BCUT2D eigenvalue weighted by Crippen LogP contribution is -2.62. The molecule has 0 radical (unpaired) electrons. The van der Waals surface area contributed by atoms with E-state index in [4.69, 9.17) is 9.16 Å². The molecular formula is C33H58O4Si. The highest BCUT2D eigenvalue weighted by molar-refractivity contribution is 6.74. The van der Waals surface area contributed by atoms with Gasteiger partial charge in [-0.2, -0.15) is 0 Å². The molecule has 0 spiro atoms. The van der Waals surface area contributed by atoms with E-state index < -0.39 is 8.32 Å². The quantitative estimate of drug-likeness (QED) is 0.208. The zero-order valence-corrected chi connectivity index (χ0v) is 27.2. The third-order valence-electron chi connectivity index (χ3n) is 13.1. The van der Waals surface area contributed by atoms with Gasteiger partial charge in [-0.05, 0) is 115 Å². The summed E-state index contributed by atoms with van der Waals surface area (Å²) in [5.74, 6) is 3.14. The lowest BCUT2D eigenvalue weighted by Gasteiger charge is -2.65. The van der Waals surface area contributed by atoms with Crippen molar-refractivity contribution in [1.82, 2.24) is 0 Å². The van der Waals surface area contributed by atoms with Crippen LogP contribution in [0.3, 0.4) is 0 Å². The van der Waals surface area contributed by atoms with Gasteiger partial charge in [-0.1, -0.05) is 61.0 Å². The largest absolute Gasteiger partial charge is 0.466 e. The molecule has 1 unspecified atom stereocenters. The van der Waals surface area contributed by atoms with Crippen LogP contribution in [0.1, 0.15) is 99.8 Å². The SMILES string of the molecule is CC[C@H]1[C@@H](O)[C@@H]2[C@H](CC[C@]3(C)[C@@H]([C@H](C)/C=C/C(=O)OC)CC[C@@H]23)[C@@]2(C)CCC(O[Si](C)(C)C(C)(C)C)C[C@@H]12. The van der Waals surface area contributed by atoms with E-state index in [0.717, 1.165) is 12.8 Å². The highest BCUT2D eigenvalue weighted by Gasteiger charge is 2.65. The lowest BCUT2D eigenvalue weighted by atomic mass is 9.41. The van der Waals surface area contributed by atoms with Crippen LogP contribution in [0.5, 0.6) is 0 Å². The number of aliphatic hydroxyl groups is 1. The van der Waals surface area contributed by atoms with E-state index in [0.29, 0.717) is 52.9 Å². The Bertz CT molecular complexity index is 892. The number of hydrogen-bond donors (Lipinski definition) is 1. The first kappa shape index (κ1) is 30.3. The van der Waals surface area contributed by atoms with E-state index in [-0.39, 0.29) is 22.5 Å². The first-order chi connectivity index (χ1) is 17.6. The van der Waals surface area contributed by atoms with Gasteiger partial charge in [0.2, 0.25) is 0 Å². The molecule has 4 rings (SSSR count). The van der Waals surface area contributed by atoms with Crippen LogP contribution < -0.4 is 0 Å². The average Bonchev–Trinajstić information content (AvgIpc) is 3.19. The van der Waals surface area contributed by atoms with E-state index in [1.165, 1.54) is 45.6 Å². The minimum absolute atomic E-state index is 0.209. The summed E-state index contributed by atoms with van der Waals surface area (Å²) >= 11 is 0. The molecule has 5 heteroatoms. The number of hydrogen-bond acceptors (Lipinski definition) is 4. The van der Waals surface area contributed by atoms with Crippen molar-refractivity contribution in [1.29, 1.82) is 0 Å². The average molecular weight is 547 g/mol. The number of carbonyl (C=O) groups is 1.